The molecule has 1 nitrogen and oxygen atoms in total. The SMILES string of the molecule is Cc1ccccc1OC1CCSC1. The van der Waals surface area contributed by atoms with Crippen LogP contribution in [0.4, 0.5) is 0 Å². The van der Waals surface area contributed by atoms with Gasteiger partial charge in [0, 0.05) is 5.75 Å². The van der Waals surface area contributed by atoms with Crippen molar-refractivity contribution in [2.75, 3.05) is 11.5 Å². The number of para-hydroxylation sites is 1. The van der Waals surface area contributed by atoms with Gasteiger partial charge in [-0.1, -0.05) is 18.2 Å². The van der Waals surface area contributed by atoms with E-state index in [1.807, 2.05) is 23.9 Å². The van der Waals surface area contributed by atoms with E-state index in [1.54, 1.807) is 0 Å². The summed E-state index contributed by atoms with van der Waals surface area (Å²) < 4.78 is 5.89. The van der Waals surface area contributed by atoms with Crippen molar-refractivity contribution < 1.29 is 4.74 Å². The topological polar surface area (TPSA) is 9.23 Å². The van der Waals surface area contributed by atoms with Gasteiger partial charge >= 0.3 is 0 Å². The minimum Gasteiger partial charge on any atom is -0.489 e. The maximum atomic E-state index is 5.89. The summed E-state index contributed by atoms with van der Waals surface area (Å²) in [5.41, 5.74) is 1.24. The quantitative estimate of drug-likeness (QED) is 0.716. The molecule has 13 heavy (non-hydrogen) atoms. The first-order valence-corrected chi connectivity index (χ1v) is 5.82. The highest BCUT2D eigenvalue weighted by molar-refractivity contribution is 7.99. The largest absolute Gasteiger partial charge is 0.489 e. The highest BCUT2D eigenvalue weighted by atomic mass is 32.2. The molecule has 0 saturated carbocycles. The molecule has 1 saturated heterocycles. The second-order valence-corrected chi connectivity index (χ2v) is 4.52. The molecular formula is C11H14OS. The number of hydrogen-bond acceptors (Lipinski definition) is 2. The van der Waals surface area contributed by atoms with Crippen molar-refractivity contribution in [3.05, 3.63) is 29.8 Å². The van der Waals surface area contributed by atoms with Crippen molar-refractivity contribution >= 4 is 11.8 Å². The minimum absolute atomic E-state index is 0.436. The molecule has 1 fully saturated rings. The van der Waals surface area contributed by atoms with Gasteiger partial charge in [0.15, 0.2) is 0 Å². The molecule has 0 aromatic heterocycles. The van der Waals surface area contributed by atoms with E-state index < -0.39 is 0 Å². The first-order valence-electron chi connectivity index (χ1n) is 4.66. The van der Waals surface area contributed by atoms with Gasteiger partial charge in [0.05, 0.1) is 0 Å². The molecule has 1 aliphatic rings. The van der Waals surface area contributed by atoms with Crippen LogP contribution in [-0.4, -0.2) is 17.6 Å². The fourth-order valence-corrected chi connectivity index (χ4v) is 2.57. The Bertz CT molecular complexity index is 279. The third kappa shape index (κ3) is 2.19. The summed E-state index contributed by atoms with van der Waals surface area (Å²) in [6, 6.07) is 8.23. The summed E-state index contributed by atoms with van der Waals surface area (Å²) in [4.78, 5) is 0. The van der Waals surface area contributed by atoms with Gasteiger partial charge in [0.25, 0.3) is 0 Å². The van der Waals surface area contributed by atoms with Crippen molar-refractivity contribution in [2.45, 2.75) is 19.4 Å². The molecule has 70 valence electrons. The molecule has 0 radical (unpaired) electrons. The van der Waals surface area contributed by atoms with Crippen LogP contribution in [-0.2, 0) is 0 Å². The molecule has 1 aromatic rings. The number of rotatable bonds is 2. The zero-order chi connectivity index (χ0) is 9.10. The van der Waals surface area contributed by atoms with E-state index in [2.05, 4.69) is 19.1 Å². The average molecular weight is 194 g/mol. The van der Waals surface area contributed by atoms with Crippen LogP contribution in [0.15, 0.2) is 24.3 Å². The number of thioether (sulfide) groups is 1. The third-order valence-electron chi connectivity index (χ3n) is 2.28. The normalized spacial score (nSPS) is 21.8. The molecule has 1 aromatic carbocycles. The first kappa shape index (κ1) is 8.95. The molecule has 0 aliphatic carbocycles. The molecular weight excluding hydrogens is 180 g/mol. The highest BCUT2D eigenvalue weighted by Crippen LogP contribution is 2.24. The smallest absolute Gasteiger partial charge is 0.122 e. The number of ether oxygens (including phenoxy) is 1. The molecule has 0 amide bonds. The number of aryl methyl sites for hydroxylation is 1. The van der Waals surface area contributed by atoms with Gasteiger partial charge < -0.3 is 4.74 Å². The standard InChI is InChI=1S/C11H14OS/c1-9-4-2-3-5-11(9)12-10-6-7-13-8-10/h2-5,10H,6-8H2,1H3. The molecule has 1 unspecified atom stereocenters. The Balaban J connectivity index is 2.04. The van der Waals surface area contributed by atoms with Gasteiger partial charge in [-0.05, 0) is 30.7 Å². The number of benzene rings is 1. The van der Waals surface area contributed by atoms with Gasteiger partial charge in [-0.15, -0.1) is 0 Å². The van der Waals surface area contributed by atoms with Crippen LogP contribution in [0.1, 0.15) is 12.0 Å². The fourth-order valence-electron chi connectivity index (χ4n) is 1.47. The van der Waals surface area contributed by atoms with Crippen LogP contribution in [0.3, 0.4) is 0 Å². The van der Waals surface area contributed by atoms with Crippen LogP contribution in [0.25, 0.3) is 0 Å². The van der Waals surface area contributed by atoms with E-state index >= 15 is 0 Å². The molecule has 2 rings (SSSR count). The first-order chi connectivity index (χ1) is 6.36. The van der Waals surface area contributed by atoms with Gasteiger partial charge in [0.2, 0.25) is 0 Å². The van der Waals surface area contributed by atoms with Gasteiger partial charge in [-0.25, -0.2) is 0 Å². The Labute approximate surface area is 83.5 Å². The predicted octanol–water partition coefficient (Wildman–Crippen LogP) is 2.88. The zero-order valence-corrected chi connectivity index (χ0v) is 8.64. The summed E-state index contributed by atoms with van der Waals surface area (Å²) in [6.07, 6.45) is 1.63. The molecule has 2 heteroatoms. The Morgan fingerprint density at radius 3 is 2.92 bits per heavy atom. The third-order valence-corrected chi connectivity index (χ3v) is 3.41. The Morgan fingerprint density at radius 2 is 2.23 bits per heavy atom. The highest BCUT2D eigenvalue weighted by Gasteiger charge is 2.17. The van der Waals surface area contributed by atoms with E-state index in [0.29, 0.717) is 6.10 Å². The lowest BCUT2D eigenvalue weighted by Gasteiger charge is -2.13. The average Bonchev–Trinajstić information content (AvgIpc) is 2.61. The second-order valence-electron chi connectivity index (χ2n) is 3.37. The lowest BCUT2D eigenvalue weighted by atomic mass is 10.2. The summed E-state index contributed by atoms with van der Waals surface area (Å²) in [6.45, 7) is 2.09. The van der Waals surface area contributed by atoms with Gasteiger partial charge in [-0.3, -0.25) is 0 Å². The molecule has 1 aliphatic heterocycles. The van der Waals surface area contributed by atoms with Gasteiger partial charge in [-0.2, -0.15) is 11.8 Å². The van der Waals surface area contributed by atoms with Crippen LogP contribution in [0.2, 0.25) is 0 Å². The monoisotopic (exact) mass is 194 g/mol. The predicted molar refractivity (Wildman–Crippen MR) is 57.5 cm³/mol. The molecule has 1 atom stereocenters. The van der Waals surface area contributed by atoms with Gasteiger partial charge in [0.1, 0.15) is 11.9 Å². The van der Waals surface area contributed by atoms with E-state index in [-0.39, 0.29) is 0 Å². The summed E-state index contributed by atoms with van der Waals surface area (Å²) in [5.74, 6) is 3.44. The zero-order valence-electron chi connectivity index (χ0n) is 7.82. The molecule has 0 spiro atoms. The van der Waals surface area contributed by atoms with Crippen LogP contribution in [0.5, 0.6) is 5.75 Å². The van der Waals surface area contributed by atoms with Crippen molar-refractivity contribution in [3.8, 4) is 5.75 Å². The lowest BCUT2D eigenvalue weighted by Crippen LogP contribution is -2.15. The Morgan fingerprint density at radius 1 is 1.38 bits per heavy atom. The van der Waals surface area contributed by atoms with Crippen molar-refractivity contribution in [2.24, 2.45) is 0 Å². The molecule has 0 bridgehead atoms. The van der Waals surface area contributed by atoms with E-state index in [1.165, 1.54) is 17.7 Å². The van der Waals surface area contributed by atoms with E-state index in [9.17, 15) is 0 Å². The molecule has 0 N–H and O–H groups in total. The second kappa shape index (κ2) is 4.05. The summed E-state index contributed by atoms with van der Waals surface area (Å²) >= 11 is 1.98. The Hall–Kier alpha value is -0.630. The van der Waals surface area contributed by atoms with Crippen LogP contribution >= 0.6 is 11.8 Å². The summed E-state index contributed by atoms with van der Waals surface area (Å²) in [7, 11) is 0. The fraction of sp³-hybridized carbons (Fsp3) is 0.455. The minimum atomic E-state index is 0.436. The number of hydrogen-bond donors (Lipinski definition) is 0. The maximum absolute atomic E-state index is 5.89. The van der Waals surface area contributed by atoms with E-state index in [4.69, 9.17) is 4.74 Å². The maximum Gasteiger partial charge on any atom is 0.122 e. The van der Waals surface area contributed by atoms with Crippen molar-refractivity contribution in [1.82, 2.24) is 0 Å². The van der Waals surface area contributed by atoms with Crippen LogP contribution in [0, 0.1) is 6.92 Å². The van der Waals surface area contributed by atoms with E-state index in [0.717, 1.165) is 11.5 Å². The Kier molecular flexibility index (Phi) is 2.79. The van der Waals surface area contributed by atoms with Crippen LogP contribution < -0.4 is 4.74 Å². The van der Waals surface area contributed by atoms with Crippen molar-refractivity contribution in [3.63, 3.8) is 0 Å². The molecule has 1 heterocycles. The lowest BCUT2D eigenvalue weighted by molar-refractivity contribution is 0.228. The van der Waals surface area contributed by atoms with Crippen molar-refractivity contribution in [1.29, 1.82) is 0 Å². The summed E-state index contributed by atoms with van der Waals surface area (Å²) in [5, 5.41) is 0.